The highest BCUT2D eigenvalue weighted by atomic mass is 35.5. The second-order valence-electron chi connectivity index (χ2n) is 8.87. The average molecular weight is 425 g/mol. The van der Waals surface area contributed by atoms with Gasteiger partial charge in [-0.15, -0.1) is 12.4 Å². The molecule has 0 spiro atoms. The van der Waals surface area contributed by atoms with Crippen molar-refractivity contribution >= 4 is 23.2 Å². The predicted molar refractivity (Wildman–Crippen MR) is 133 cm³/mol. The lowest BCUT2D eigenvalue weighted by Crippen LogP contribution is -2.36. The number of hydrogen-bond acceptors (Lipinski definition) is 2. The standard InChI is InChI=1S/C27H36N2.ClH/c1-21(2)13-16-29(17-14-22(3)4)18-15-27(20-28,23(5)6)26-12-11-24-9-7-8-10-25(24)19-26;/h7-14,19,23H,15-18H2,1-6H3;1H. The van der Waals surface area contributed by atoms with Gasteiger partial charge < -0.3 is 0 Å². The number of nitriles is 1. The van der Waals surface area contributed by atoms with Crippen LogP contribution >= 0.6 is 12.4 Å². The highest BCUT2D eigenvalue weighted by molar-refractivity contribution is 5.85. The molecule has 1 unspecified atom stereocenters. The molecule has 0 heterocycles. The molecule has 0 saturated carbocycles. The molecule has 0 aliphatic rings. The molecule has 2 aromatic rings. The highest BCUT2D eigenvalue weighted by Gasteiger charge is 2.36. The van der Waals surface area contributed by atoms with Crippen LogP contribution in [0, 0.1) is 17.2 Å². The molecule has 0 radical (unpaired) electrons. The van der Waals surface area contributed by atoms with Crippen molar-refractivity contribution in [3.8, 4) is 6.07 Å². The molecule has 0 amide bonds. The first-order chi connectivity index (χ1) is 13.8. The number of halogens is 1. The number of rotatable bonds is 9. The maximum Gasteiger partial charge on any atom is 0.0857 e. The fourth-order valence-corrected chi connectivity index (χ4v) is 3.70. The summed E-state index contributed by atoms with van der Waals surface area (Å²) in [5.41, 5.74) is 3.31. The summed E-state index contributed by atoms with van der Waals surface area (Å²) < 4.78 is 0. The summed E-state index contributed by atoms with van der Waals surface area (Å²) in [6.45, 7) is 15.6. The van der Waals surface area contributed by atoms with Gasteiger partial charge in [0, 0.05) is 19.6 Å². The summed E-state index contributed by atoms with van der Waals surface area (Å²) in [5, 5.41) is 12.8. The molecular weight excluding hydrogens is 388 g/mol. The van der Waals surface area contributed by atoms with Gasteiger partial charge in [-0.2, -0.15) is 5.26 Å². The Labute approximate surface area is 189 Å². The lowest BCUT2D eigenvalue weighted by atomic mass is 9.70. The molecule has 0 aliphatic heterocycles. The minimum Gasteiger partial charge on any atom is -0.296 e. The molecule has 0 bridgehead atoms. The van der Waals surface area contributed by atoms with Crippen LogP contribution in [0.4, 0.5) is 0 Å². The number of nitrogens with zero attached hydrogens (tertiary/aromatic N) is 2. The average Bonchev–Trinajstić information content (AvgIpc) is 2.69. The Hall–Kier alpha value is -2.08. The van der Waals surface area contributed by atoms with Gasteiger partial charge in [0.05, 0.1) is 11.5 Å². The van der Waals surface area contributed by atoms with Gasteiger partial charge in [-0.1, -0.05) is 73.5 Å². The Bertz CT molecular complexity index is 892. The maximum absolute atomic E-state index is 10.3. The van der Waals surface area contributed by atoms with Crippen LogP contribution in [0.1, 0.15) is 53.5 Å². The van der Waals surface area contributed by atoms with E-state index in [1.54, 1.807) is 0 Å². The molecule has 162 valence electrons. The van der Waals surface area contributed by atoms with E-state index < -0.39 is 5.41 Å². The van der Waals surface area contributed by atoms with Crippen LogP contribution in [-0.2, 0) is 5.41 Å². The van der Waals surface area contributed by atoms with Crippen molar-refractivity contribution in [2.24, 2.45) is 5.92 Å². The van der Waals surface area contributed by atoms with Crippen molar-refractivity contribution < 1.29 is 0 Å². The normalized spacial score (nSPS) is 12.8. The Morgan fingerprint density at radius 1 is 0.967 bits per heavy atom. The minimum atomic E-state index is -0.488. The molecule has 0 saturated heterocycles. The molecule has 2 rings (SSSR count). The zero-order valence-corrected chi connectivity index (χ0v) is 20.2. The lowest BCUT2D eigenvalue weighted by Gasteiger charge is -2.34. The summed E-state index contributed by atoms with van der Waals surface area (Å²) in [4.78, 5) is 2.44. The summed E-state index contributed by atoms with van der Waals surface area (Å²) in [6, 6.07) is 17.6. The van der Waals surface area contributed by atoms with E-state index >= 15 is 0 Å². The Balaban J connectivity index is 0.00000450. The summed E-state index contributed by atoms with van der Waals surface area (Å²) in [7, 11) is 0. The van der Waals surface area contributed by atoms with Crippen LogP contribution < -0.4 is 0 Å². The summed E-state index contributed by atoms with van der Waals surface area (Å²) in [5.74, 6) is 0.238. The van der Waals surface area contributed by atoms with Crippen molar-refractivity contribution in [2.75, 3.05) is 19.6 Å². The molecule has 0 aromatic heterocycles. The predicted octanol–water partition coefficient (Wildman–Crippen LogP) is 7.30. The van der Waals surface area contributed by atoms with Gasteiger partial charge in [0.2, 0.25) is 0 Å². The first kappa shape index (κ1) is 26.0. The Kier molecular flexibility index (Phi) is 10.3. The van der Waals surface area contributed by atoms with E-state index in [-0.39, 0.29) is 18.3 Å². The smallest absolute Gasteiger partial charge is 0.0857 e. The SMILES string of the molecule is CC(C)=CCN(CC=C(C)C)CCC(C#N)(c1ccc2ccccc2c1)C(C)C.Cl. The van der Waals surface area contributed by atoms with Crippen molar-refractivity contribution in [3.63, 3.8) is 0 Å². The third-order valence-corrected chi connectivity index (χ3v) is 5.79. The van der Waals surface area contributed by atoms with Gasteiger partial charge in [0.25, 0.3) is 0 Å². The Morgan fingerprint density at radius 2 is 1.53 bits per heavy atom. The molecule has 2 aromatic carbocycles. The molecular formula is C27H37ClN2. The van der Waals surface area contributed by atoms with E-state index in [9.17, 15) is 5.26 Å². The van der Waals surface area contributed by atoms with Gasteiger partial charge in [0.1, 0.15) is 0 Å². The Morgan fingerprint density at radius 3 is 2.03 bits per heavy atom. The van der Waals surface area contributed by atoms with Crippen molar-refractivity contribution in [1.29, 1.82) is 5.26 Å². The van der Waals surface area contributed by atoms with Crippen LogP contribution in [-0.4, -0.2) is 24.5 Å². The topological polar surface area (TPSA) is 27.0 Å². The van der Waals surface area contributed by atoms with Gasteiger partial charge in [-0.05, 0) is 62.4 Å². The van der Waals surface area contributed by atoms with Crippen LogP contribution in [0.5, 0.6) is 0 Å². The van der Waals surface area contributed by atoms with E-state index in [0.717, 1.165) is 31.6 Å². The summed E-state index contributed by atoms with van der Waals surface area (Å²) >= 11 is 0. The van der Waals surface area contributed by atoms with E-state index in [0.29, 0.717) is 0 Å². The zero-order chi connectivity index (χ0) is 21.4. The van der Waals surface area contributed by atoms with E-state index in [1.165, 1.54) is 21.9 Å². The van der Waals surface area contributed by atoms with Crippen LogP contribution in [0.25, 0.3) is 10.8 Å². The van der Waals surface area contributed by atoms with Gasteiger partial charge in [-0.25, -0.2) is 0 Å². The fraction of sp³-hybridized carbons (Fsp3) is 0.444. The van der Waals surface area contributed by atoms with E-state index in [2.05, 4.69) is 107 Å². The van der Waals surface area contributed by atoms with Crippen molar-refractivity contribution in [3.05, 3.63) is 71.3 Å². The molecule has 3 heteroatoms. The van der Waals surface area contributed by atoms with E-state index in [1.807, 2.05) is 0 Å². The first-order valence-corrected chi connectivity index (χ1v) is 10.7. The zero-order valence-electron chi connectivity index (χ0n) is 19.4. The first-order valence-electron chi connectivity index (χ1n) is 10.7. The van der Waals surface area contributed by atoms with Crippen LogP contribution in [0.15, 0.2) is 65.8 Å². The highest BCUT2D eigenvalue weighted by Crippen LogP contribution is 2.37. The van der Waals surface area contributed by atoms with Crippen molar-refractivity contribution in [2.45, 2.75) is 53.4 Å². The molecule has 1 atom stereocenters. The van der Waals surface area contributed by atoms with Crippen LogP contribution in [0.3, 0.4) is 0 Å². The number of allylic oxidation sites excluding steroid dienone is 2. The van der Waals surface area contributed by atoms with Gasteiger partial charge in [-0.3, -0.25) is 4.90 Å². The number of benzene rings is 2. The monoisotopic (exact) mass is 424 g/mol. The molecule has 0 aliphatic carbocycles. The molecule has 30 heavy (non-hydrogen) atoms. The third-order valence-electron chi connectivity index (χ3n) is 5.79. The number of fused-ring (bicyclic) bond motifs is 1. The van der Waals surface area contributed by atoms with Crippen molar-refractivity contribution in [1.82, 2.24) is 4.90 Å². The molecule has 2 nitrogen and oxygen atoms in total. The largest absolute Gasteiger partial charge is 0.296 e. The molecule has 0 N–H and O–H groups in total. The third kappa shape index (κ3) is 6.73. The van der Waals surface area contributed by atoms with Gasteiger partial charge in [0.15, 0.2) is 0 Å². The van der Waals surface area contributed by atoms with Crippen LogP contribution in [0.2, 0.25) is 0 Å². The maximum atomic E-state index is 10.3. The molecule has 0 fully saturated rings. The quantitative estimate of drug-likeness (QED) is 0.394. The second-order valence-corrected chi connectivity index (χ2v) is 8.87. The lowest BCUT2D eigenvalue weighted by molar-refractivity contribution is 0.270. The van der Waals surface area contributed by atoms with E-state index in [4.69, 9.17) is 0 Å². The number of hydrogen-bond donors (Lipinski definition) is 0. The minimum absolute atomic E-state index is 0. The fourth-order valence-electron chi connectivity index (χ4n) is 3.70. The second kappa shape index (κ2) is 11.9. The summed E-state index contributed by atoms with van der Waals surface area (Å²) in [6.07, 6.45) is 5.38. The van der Waals surface area contributed by atoms with Gasteiger partial charge >= 0.3 is 0 Å².